The van der Waals surface area contributed by atoms with Crippen LogP contribution in [0.4, 0.5) is 0 Å². The molecule has 1 saturated carbocycles. The summed E-state index contributed by atoms with van der Waals surface area (Å²) in [6.45, 7) is 0.477. The average molecular weight is 182 g/mol. The van der Waals surface area contributed by atoms with Gasteiger partial charge in [-0.05, 0) is 42.9 Å². The first-order chi connectivity index (χ1) is 6.36. The maximum Gasteiger partial charge on any atom is 0.0468 e. The van der Waals surface area contributed by atoms with Crippen molar-refractivity contribution in [2.24, 2.45) is 23.7 Å². The van der Waals surface area contributed by atoms with Crippen molar-refractivity contribution in [3.05, 3.63) is 12.2 Å². The smallest absolute Gasteiger partial charge is 0.0468 e. The van der Waals surface area contributed by atoms with Crippen molar-refractivity contribution in [3.63, 3.8) is 0 Å². The number of allylic oxidation sites excluding steroid dienone is 2. The largest absolute Gasteiger partial charge is 0.396 e. The molecule has 4 unspecified atom stereocenters. The standard InChI is InChI=1S/C11H18O2/c12-6-10-8-2-1-3-9(5-4-8)11(10)7-13/h1-2,8-13H,3-7H2. The summed E-state index contributed by atoms with van der Waals surface area (Å²) in [7, 11) is 0. The SMILES string of the molecule is OCC1C2C=CCC(CC2)C1CO. The molecule has 0 saturated heterocycles. The molecule has 0 aromatic carbocycles. The Morgan fingerprint density at radius 2 is 1.85 bits per heavy atom. The van der Waals surface area contributed by atoms with E-state index in [4.69, 9.17) is 0 Å². The Labute approximate surface area is 79.3 Å². The number of fused-ring (bicyclic) bond motifs is 3. The molecule has 0 spiro atoms. The van der Waals surface area contributed by atoms with E-state index >= 15 is 0 Å². The monoisotopic (exact) mass is 182 g/mol. The Morgan fingerprint density at radius 1 is 1.08 bits per heavy atom. The quantitative estimate of drug-likeness (QED) is 0.630. The minimum atomic E-state index is 0.233. The molecule has 74 valence electrons. The van der Waals surface area contributed by atoms with Crippen LogP contribution in [0.5, 0.6) is 0 Å². The van der Waals surface area contributed by atoms with Gasteiger partial charge in [-0.1, -0.05) is 12.2 Å². The molecule has 13 heavy (non-hydrogen) atoms. The number of aliphatic hydroxyl groups is 2. The van der Waals surface area contributed by atoms with Gasteiger partial charge in [-0.2, -0.15) is 0 Å². The van der Waals surface area contributed by atoms with E-state index in [1.165, 1.54) is 12.8 Å². The molecule has 0 amide bonds. The van der Waals surface area contributed by atoms with Gasteiger partial charge in [0.05, 0.1) is 0 Å². The van der Waals surface area contributed by atoms with Crippen LogP contribution in [0, 0.1) is 23.7 Å². The Balaban J connectivity index is 2.19. The molecule has 0 radical (unpaired) electrons. The molecular weight excluding hydrogens is 164 g/mol. The van der Waals surface area contributed by atoms with Gasteiger partial charge in [0.1, 0.15) is 0 Å². The second-order valence-electron chi connectivity index (χ2n) is 4.36. The highest BCUT2D eigenvalue weighted by Crippen LogP contribution is 2.43. The van der Waals surface area contributed by atoms with Gasteiger partial charge in [-0.25, -0.2) is 0 Å². The number of aliphatic hydroxyl groups excluding tert-OH is 2. The molecule has 2 nitrogen and oxygen atoms in total. The molecular formula is C11H18O2. The van der Waals surface area contributed by atoms with Crippen molar-refractivity contribution in [2.45, 2.75) is 19.3 Å². The predicted molar refractivity (Wildman–Crippen MR) is 51.1 cm³/mol. The Morgan fingerprint density at radius 3 is 2.54 bits per heavy atom. The summed E-state index contributed by atoms with van der Waals surface area (Å²) in [6.07, 6.45) is 8.00. The van der Waals surface area contributed by atoms with E-state index in [-0.39, 0.29) is 13.2 Å². The van der Waals surface area contributed by atoms with Gasteiger partial charge in [0, 0.05) is 13.2 Å². The maximum absolute atomic E-state index is 9.30. The van der Waals surface area contributed by atoms with Gasteiger partial charge in [-0.15, -0.1) is 0 Å². The van der Waals surface area contributed by atoms with Gasteiger partial charge < -0.3 is 10.2 Å². The summed E-state index contributed by atoms with van der Waals surface area (Å²) < 4.78 is 0. The molecule has 2 N–H and O–H groups in total. The molecule has 2 heteroatoms. The van der Waals surface area contributed by atoms with Crippen LogP contribution in [0.3, 0.4) is 0 Å². The van der Waals surface area contributed by atoms with Crippen LogP contribution in [0.15, 0.2) is 12.2 Å². The topological polar surface area (TPSA) is 40.5 Å². The van der Waals surface area contributed by atoms with E-state index in [2.05, 4.69) is 12.2 Å². The van der Waals surface area contributed by atoms with Crippen LogP contribution in [-0.4, -0.2) is 23.4 Å². The fourth-order valence-electron chi connectivity index (χ4n) is 3.02. The summed E-state index contributed by atoms with van der Waals surface area (Å²) in [5.74, 6) is 1.76. The first-order valence-corrected chi connectivity index (χ1v) is 5.25. The van der Waals surface area contributed by atoms with E-state index in [1.807, 2.05) is 0 Å². The van der Waals surface area contributed by atoms with E-state index in [0.717, 1.165) is 6.42 Å². The van der Waals surface area contributed by atoms with Crippen LogP contribution < -0.4 is 0 Å². The lowest BCUT2D eigenvalue weighted by molar-refractivity contribution is 0.0271. The third kappa shape index (κ3) is 1.53. The zero-order valence-corrected chi connectivity index (χ0v) is 7.89. The lowest BCUT2D eigenvalue weighted by atomic mass is 9.68. The normalized spacial score (nSPS) is 43.5. The zero-order chi connectivity index (χ0) is 9.26. The average Bonchev–Trinajstić information content (AvgIpc) is 2.49. The Kier molecular flexibility index (Phi) is 2.70. The molecule has 3 rings (SSSR count). The molecule has 1 fully saturated rings. The summed E-state index contributed by atoms with van der Waals surface area (Å²) in [5.41, 5.74) is 0. The van der Waals surface area contributed by atoms with Crippen LogP contribution in [0.1, 0.15) is 19.3 Å². The highest BCUT2D eigenvalue weighted by molar-refractivity contribution is 5.03. The van der Waals surface area contributed by atoms with E-state index in [1.54, 1.807) is 0 Å². The van der Waals surface area contributed by atoms with Crippen molar-refractivity contribution in [1.82, 2.24) is 0 Å². The summed E-state index contributed by atoms with van der Waals surface area (Å²) in [5, 5.41) is 18.6. The fourth-order valence-corrected chi connectivity index (χ4v) is 3.02. The molecule has 0 aliphatic heterocycles. The molecule has 0 aromatic rings. The second-order valence-corrected chi connectivity index (χ2v) is 4.36. The van der Waals surface area contributed by atoms with Gasteiger partial charge in [0.15, 0.2) is 0 Å². The summed E-state index contributed by atoms with van der Waals surface area (Å²) in [6, 6.07) is 0. The van der Waals surface area contributed by atoms with Crippen molar-refractivity contribution in [2.75, 3.05) is 13.2 Å². The summed E-state index contributed by atoms with van der Waals surface area (Å²) in [4.78, 5) is 0. The van der Waals surface area contributed by atoms with Crippen LogP contribution in [0.2, 0.25) is 0 Å². The predicted octanol–water partition coefficient (Wildman–Crippen LogP) is 1.19. The highest BCUT2D eigenvalue weighted by Gasteiger charge is 2.38. The van der Waals surface area contributed by atoms with Gasteiger partial charge >= 0.3 is 0 Å². The van der Waals surface area contributed by atoms with Gasteiger partial charge in [0.2, 0.25) is 0 Å². The van der Waals surface area contributed by atoms with Crippen LogP contribution >= 0.6 is 0 Å². The van der Waals surface area contributed by atoms with Crippen molar-refractivity contribution >= 4 is 0 Å². The minimum Gasteiger partial charge on any atom is -0.396 e. The number of hydrogen-bond donors (Lipinski definition) is 2. The second kappa shape index (κ2) is 3.81. The number of rotatable bonds is 2. The Hall–Kier alpha value is -0.340. The number of hydrogen-bond acceptors (Lipinski definition) is 2. The van der Waals surface area contributed by atoms with Crippen LogP contribution in [-0.2, 0) is 0 Å². The third-order valence-electron chi connectivity index (χ3n) is 3.82. The van der Waals surface area contributed by atoms with E-state index in [9.17, 15) is 10.2 Å². The van der Waals surface area contributed by atoms with E-state index < -0.39 is 0 Å². The molecule has 4 atom stereocenters. The third-order valence-corrected chi connectivity index (χ3v) is 3.82. The van der Waals surface area contributed by atoms with Crippen molar-refractivity contribution < 1.29 is 10.2 Å². The fraction of sp³-hybridized carbons (Fsp3) is 0.818. The van der Waals surface area contributed by atoms with Crippen LogP contribution in [0.25, 0.3) is 0 Å². The molecule has 0 heterocycles. The minimum absolute atomic E-state index is 0.233. The highest BCUT2D eigenvalue weighted by atomic mass is 16.3. The lowest BCUT2D eigenvalue weighted by Crippen LogP contribution is -2.36. The van der Waals surface area contributed by atoms with Crippen molar-refractivity contribution in [3.8, 4) is 0 Å². The first kappa shape index (κ1) is 9.22. The molecule has 0 aromatic heterocycles. The van der Waals surface area contributed by atoms with Crippen molar-refractivity contribution in [1.29, 1.82) is 0 Å². The lowest BCUT2D eigenvalue weighted by Gasteiger charge is -2.38. The molecule has 2 bridgehead atoms. The van der Waals surface area contributed by atoms with Gasteiger partial charge in [0.25, 0.3) is 0 Å². The molecule has 3 aliphatic rings. The molecule has 3 aliphatic carbocycles. The maximum atomic E-state index is 9.30. The summed E-state index contributed by atoms with van der Waals surface area (Å²) >= 11 is 0. The Bertz CT molecular complexity index is 200. The van der Waals surface area contributed by atoms with E-state index in [0.29, 0.717) is 23.7 Å². The van der Waals surface area contributed by atoms with Gasteiger partial charge in [-0.3, -0.25) is 0 Å². The zero-order valence-electron chi connectivity index (χ0n) is 7.89. The first-order valence-electron chi connectivity index (χ1n) is 5.25.